The van der Waals surface area contributed by atoms with Crippen LogP contribution < -0.4 is 4.90 Å². The van der Waals surface area contributed by atoms with Crippen molar-refractivity contribution >= 4 is 17.8 Å². The van der Waals surface area contributed by atoms with Gasteiger partial charge >= 0.3 is 5.97 Å². The second-order valence-corrected chi connectivity index (χ2v) is 6.96. The summed E-state index contributed by atoms with van der Waals surface area (Å²) in [4.78, 5) is 36.3. The Morgan fingerprint density at radius 2 is 2.15 bits per heavy atom. The Bertz CT molecular complexity index is 847. The van der Waals surface area contributed by atoms with Gasteiger partial charge in [-0.15, -0.1) is 0 Å². The van der Waals surface area contributed by atoms with Crippen molar-refractivity contribution in [2.24, 2.45) is 0 Å². The SMILES string of the molecule is Cc1nc(N(C)C)ncc1C(=O)N1CCC[C@H](c2ccnn2CC(=O)O)C1. The molecule has 0 spiro atoms. The van der Waals surface area contributed by atoms with Crippen LogP contribution in [-0.4, -0.2) is 68.8 Å². The first-order valence-corrected chi connectivity index (χ1v) is 8.90. The zero-order chi connectivity index (χ0) is 19.6. The number of rotatable bonds is 5. The maximum Gasteiger partial charge on any atom is 0.325 e. The maximum atomic E-state index is 13.0. The van der Waals surface area contributed by atoms with E-state index in [0.717, 1.165) is 18.5 Å². The van der Waals surface area contributed by atoms with Gasteiger partial charge in [-0.25, -0.2) is 9.97 Å². The van der Waals surface area contributed by atoms with Crippen molar-refractivity contribution in [3.63, 3.8) is 0 Å². The molecular formula is C18H24N6O3. The Balaban J connectivity index is 1.77. The summed E-state index contributed by atoms with van der Waals surface area (Å²) < 4.78 is 1.50. The van der Waals surface area contributed by atoms with Crippen molar-refractivity contribution in [1.29, 1.82) is 0 Å². The summed E-state index contributed by atoms with van der Waals surface area (Å²) in [5, 5.41) is 13.2. The van der Waals surface area contributed by atoms with Crippen molar-refractivity contribution in [3.05, 3.63) is 35.4 Å². The molecule has 2 aromatic heterocycles. The van der Waals surface area contributed by atoms with Crippen LogP contribution in [0.3, 0.4) is 0 Å². The lowest BCUT2D eigenvalue weighted by atomic mass is 9.94. The van der Waals surface area contributed by atoms with E-state index in [-0.39, 0.29) is 18.4 Å². The van der Waals surface area contributed by atoms with Gasteiger partial charge in [0, 0.05) is 51.2 Å². The topological polar surface area (TPSA) is 104 Å². The lowest BCUT2D eigenvalue weighted by Gasteiger charge is -2.33. The van der Waals surface area contributed by atoms with Crippen molar-refractivity contribution < 1.29 is 14.7 Å². The number of aliphatic carboxylic acids is 1. The smallest absolute Gasteiger partial charge is 0.325 e. The molecule has 0 unspecified atom stereocenters. The molecule has 1 atom stereocenters. The summed E-state index contributed by atoms with van der Waals surface area (Å²) in [6.45, 7) is 2.83. The average Bonchev–Trinajstić information content (AvgIpc) is 3.08. The molecule has 27 heavy (non-hydrogen) atoms. The monoisotopic (exact) mass is 372 g/mol. The molecular weight excluding hydrogens is 348 g/mol. The lowest BCUT2D eigenvalue weighted by molar-refractivity contribution is -0.137. The van der Waals surface area contributed by atoms with Gasteiger partial charge in [0.1, 0.15) is 6.54 Å². The van der Waals surface area contributed by atoms with Gasteiger partial charge in [0.05, 0.1) is 11.3 Å². The highest BCUT2D eigenvalue weighted by Crippen LogP contribution is 2.28. The minimum Gasteiger partial charge on any atom is -0.480 e. The molecule has 0 saturated carbocycles. The number of carbonyl (C=O) groups is 2. The number of aryl methyl sites for hydroxylation is 1. The predicted molar refractivity (Wildman–Crippen MR) is 98.8 cm³/mol. The van der Waals surface area contributed by atoms with Gasteiger partial charge in [-0.3, -0.25) is 14.3 Å². The molecule has 0 radical (unpaired) electrons. The van der Waals surface area contributed by atoms with Crippen molar-refractivity contribution in [2.45, 2.75) is 32.2 Å². The zero-order valence-electron chi connectivity index (χ0n) is 15.8. The minimum atomic E-state index is -0.933. The highest BCUT2D eigenvalue weighted by atomic mass is 16.4. The molecule has 3 rings (SSSR count). The molecule has 0 bridgehead atoms. The van der Waals surface area contributed by atoms with E-state index in [1.165, 1.54) is 4.68 Å². The van der Waals surface area contributed by atoms with E-state index in [4.69, 9.17) is 5.11 Å². The molecule has 0 aliphatic carbocycles. The largest absolute Gasteiger partial charge is 0.480 e. The first-order valence-electron chi connectivity index (χ1n) is 8.90. The number of carboxylic acid groups (broad SMARTS) is 1. The van der Waals surface area contributed by atoms with Crippen molar-refractivity contribution in [3.8, 4) is 0 Å². The van der Waals surface area contributed by atoms with E-state index < -0.39 is 5.97 Å². The van der Waals surface area contributed by atoms with Gasteiger partial charge in [0.2, 0.25) is 5.95 Å². The number of likely N-dealkylation sites (tertiary alicyclic amines) is 1. The Hall–Kier alpha value is -2.97. The van der Waals surface area contributed by atoms with E-state index in [1.807, 2.05) is 27.1 Å². The average molecular weight is 372 g/mol. The first-order chi connectivity index (χ1) is 12.9. The quantitative estimate of drug-likeness (QED) is 0.839. The van der Waals surface area contributed by atoms with Gasteiger partial charge in [0.15, 0.2) is 0 Å². The number of carboxylic acids is 1. The highest BCUT2D eigenvalue weighted by molar-refractivity contribution is 5.95. The summed E-state index contributed by atoms with van der Waals surface area (Å²) in [5.74, 6) is -0.394. The fourth-order valence-corrected chi connectivity index (χ4v) is 3.40. The Morgan fingerprint density at radius 1 is 1.37 bits per heavy atom. The number of hydrogen-bond acceptors (Lipinski definition) is 6. The lowest BCUT2D eigenvalue weighted by Crippen LogP contribution is -2.40. The van der Waals surface area contributed by atoms with Gasteiger partial charge in [-0.2, -0.15) is 5.10 Å². The van der Waals surface area contributed by atoms with Crippen LogP contribution in [0.2, 0.25) is 0 Å². The molecule has 3 heterocycles. The molecule has 9 nitrogen and oxygen atoms in total. The summed E-state index contributed by atoms with van der Waals surface area (Å²) in [6.07, 6.45) is 4.93. The van der Waals surface area contributed by atoms with Crippen LogP contribution in [0, 0.1) is 6.92 Å². The van der Waals surface area contributed by atoms with Crippen LogP contribution in [0.15, 0.2) is 18.5 Å². The summed E-state index contributed by atoms with van der Waals surface area (Å²) in [6, 6.07) is 1.84. The highest BCUT2D eigenvalue weighted by Gasteiger charge is 2.29. The molecule has 1 amide bonds. The maximum absolute atomic E-state index is 13.0. The van der Waals surface area contributed by atoms with Crippen molar-refractivity contribution in [1.82, 2.24) is 24.6 Å². The Kier molecular flexibility index (Phi) is 5.38. The van der Waals surface area contributed by atoms with E-state index in [2.05, 4.69) is 15.1 Å². The molecule has 2 aromatic rings. The van der Waals surface area contributed by atoms with Crippen LogP contribution >= 0.6 is 0 Å². The molecule has 1 aliphatic rings. The standard InChI is InChI=1S/C18H24N6O3/c1-12-14(9-19-18(21-12)22(2)3)17(27)23-8-4-5-13(10-23)15-6-7-20-24(15)11-16(25)26/h6-7,9,13H,4-5,8,10-11H2,1-3H3,(H,25,26)/t13-/m0/s1. The fourth-order valence-electron chi connectivity index (χ4n) is 3.40. The van der Waals surface area contributed by atoms with Crippen LogP contribution in [0.5, 0.6) is 0 Å². The zero-order valence-corrected chi connectivity index (χ0v) is 15.8. The number of anilines is 1. The summed E-state index contributed by atoms with van der Waals surface area (Å²) in [5.41, 5.74) is 2.00. The molecule has 1 saturated heterocycles. The van der Waals surface area contributed by atoms with Gasteiger partial charge in [0.25, 0.3) is 5.91 Å². The fraction of sp³-hybridized carbons (Fsp3) is 0.500. The van der Waals surface area contributed by atoms with Gasteiger partial charge in [-0.05, 0) is 25.8 Å². The van der Waals surface area contributed by atoms with E-state index in [0.29, 0.717) is 30.3 Å². The van der Waals surface area contributed by atoms with Gasteiger partial charge in [-0.1, -0.05) is 0 Å². The number of amides is 1. The van der Waals surface area contributed by atoms with Crippen molar-refractivity contribution in [2.75, 3.05) is 32.1 Å². The molecule has 1 aliphatic heterocycles. The van der Waals surface area contributed by atoms with Crippen LogP contribution in [0.25, 0.3) is 0 Å². The second kappa shape index (κ2) is 7.73. The molecule has 9 heteroatoms. The van der Waals surface area contributed by atoms with Crippen LogP contribution in [-0.2, 0) is 11.3 Å². The third-order valence-corrected chi connectivity index (χ3v) is 4.76. The minimum absolute atomic E-state index is 0.0619. The first kappa shape index (κ1) is 18.8. The van der Waals surface area contributed by atoms with E-state index in [9.17, 15) is 9.59 Å². The molecule has 0 aromatic carbocycles. The Labute approximate surface area is 157 Å². The van der Waals surface area contributed by atoms with Crippen LogP contribution in [0.1, 0.15) is 40.5 Å². The van der Waals surface area contributed by atoms with E-state index >= 15 is 0 Å². The molecule has 1 fully saturated rings. The normalized spacial score (nSPS) is 17.0. The second-order valence-electron chi connectivity index (χ2n) is 6.96. The van der Waals surface area contributed by atoms with E-state index in [1.54, 1.807) is 22.2 Å². The molecule has 1 N–H and O–H groups in total. The Morgan fingerprint density at radius 3 is 2.81 bits per heavy atom. The molecule has 144 valence electrons. The summed E-state index contributed by atoms with van der Waals surface area (Å²) >= 11 is 0. The third-order valence-electron chi connectivity index (χ3n) is 4.76. The van der Waals surface area contributed by atoms with Gasteiger partial charge < -0.3 is 14.9 Å². The third kappa shape index (κ3) is 4.07. The number of hydrogen-bond donors (Lipinski definition) is 1. The number of aromatic nitrogens is 4. The number of piperidine rings is 1. The summed E-state index contributed by atoms with van der Waals surface area (Å²) in [7, 11) is 3.71. The number of nitrogens with zero attached hydrogens (tertiary/aromatic N) is 6. The number of carbonyl (C=O) groups excluding carboxylic acids is 1. The predicted octanol–water partition coefficient (Wildman–Crippen LogP) is 1.15. The van der Waals surface area contributed by atoms with Crippen LogP contribution in [0.4, 0.5) is 5.95 Å².